The first-order chi connectivity index (χ1) is 14.5. The Kier molecular flexibility index (Phi) is 5.62. The van der Waals surface area contributed by atoms with Crippen molar-refractivity contribution in [2.24, 2.45) is 0 Å². The highest BCUT2D eigenvalue weighted by atomic mass is 32.1. The Labute approximate surface area is 176 Å². The Balaban J connectivity index is 1.39. The summed E-state index contributed by atoms with van der Waals surface area (Å²) in [4.78, 5) is 31.7. The van der Waals surface area contributed by atoms with Gasteiger partial charge in [0.1, 0.15) is 17.3 Å². The minimum atomic E-state index is -0.467. The number of rotatable bonds is 6. The van der Waals surface area contributed by atoms with E-state index in [9.17, 15) is 14.0 Å². The van der Waals surface area contributed by atoms with Gasteiger partial charge in [-0.2, -0.15) is 0 Å². The minimum absolute atomic E-state index is 0.208. The molecule has 0 fully saturated rings. The van der Waals surface area contributed by atoms with Crippen LogP contribution in [-0.4, -0.2) is 28.4 Å². The van der Waals surface area contributed by atoms with Gasteiger partial charge in [-0.05, 0) is 36.8 Å². The zero-order chi connectivity index (χ0) is 21.1. The fourth-order valence-corrected chi connectivity index (χ4v) is 4.08. The molecule has 0 saturated heterocycles. The average Bonchev–Trinajstić information content (AvgIpc) is 3.24. The van der Waals surface area contributed by atoms with E-state index in [1.54, 1.807) is 35.2 Å². The second-order valence-corrected chi connectivity index (χ2v) is 7.67. The standard InChI is InChI=1S/C21H19FN4O3S/c1-2-29-16-6-4-3-5-15(16)23-20(28)25-21-24-18-17(30-21)12-26(19(18)27)11-13-7-9-14(22)10-8-13/h3-10H,2,11-12H2,1H3,(H2,23,24,25,28). The summed E-state index contributed by atoms with van der Waals surface area (Å²) in [7, 11) is 0. The number of para-hydroxylation sites is 2. The van der Waals surface area contributed by atoms with E-state index in [2.05, 4.69) is 15.6 Å². The number of ether oxygens (including phenoxy) is 1. The second-order valence-electron chi connectivity index (χ2n) is 6.59. The molecule has 9 heteroatoms. The molecule has 1 aliphatic rings. The Morgan fingerprint density at radius 3 is 2.70 bits per heavy atom. The number of aromatic nitrogens is 1. The quantitative estimate of drug-likeness (QED) is 0.609. The van der Waals surface area contributed by atoms with Gasteiger partial charge >= 0.3 is 6.03 Å². The van der Waals surface area contributed by atoms with Crippen molar-refractivity contribution in [3.63, 3.8) is 0 Å². The van der Waals surface area contributed by atoms with E-state index in [0.717, 1.165) is 10.4 Å². The summed E-state index contributed by atoms with van der Waals surface area (Å²) in [6.45, 7) is 3.12. The molecule has 0 saturated carbocycles. The Morgan fingerprint density at radius 2 is 1.97 bits per heavy atom. The lowest BCUT2D eigenvalue weighted by atomic mass is 10.2. The van der Waals surface area contributed by atoms with Crippen LogP contribution >= 0.6 is 11.3 Å². The van der Waals surface area contributed by atoms with Crippen LogP contribution in [0.3, 0.4) is 0 Å². The topological polar surface area (TPSA) is 83.6 Å². The summed E-state index contributed by atoms with van der Waals surface area (Å²) in [5, 5.41) is 5.75. The summed E-state index contributed by atoms with van der Waals surface area (Å²) in [6, 6.07) is 12.7. The van der Waals surface area contributed by atoms with Gasteiger partial charge in [0.25, 0.3) is 5.91 Å². The average molecular weight is 426 g/mol. The third kappa shape index (κ3) is 4.25. The van der Waals surface area contributed by atoms with Crippen LogP contribution in [0, 0.1) is 5.82 Å². The fraction of sp³-hybridized carbons (Fsp3) is 0.190. The van der Waals surface area contributed by atoms with Crippen LogP contribution in [-0.2, 0) is 13.1 Å². The number of urea groups is 1. The summed E-state index contributed by atoms with van der Waals surface area (Å²) in [5.41, 5.74) is 1.72. The number of carbonyl (C=O) groups is 2. The second kappa shape index (κ2) is 8.50. The first-order valence-corrected chi connectivity index (χ1v) is 10.2. The summed E-state index contributed by atoms with van der Waals surface area (Å²) >= 11 is 1.26. The van der Waals surface area contributed by atoms with Crippen molar-refractivity contribution in [3.8, 4) is 5.75 Å². The Bertz CT molecular complexity index is 1080. The molecule has 1 aromatic heterocycles. The van der Waals surface area contributed by atoms with Crippen LogP contribution in [0.1, 0.15) is 27.9 Å². The van der Waals surface area contributed by atoms with Crippen molar-refractivity contribution in [2.75, 3.05) is 17.2 Å². The van der Waals surface area contributed by atoms with Crippen LogP contribution in [0.15, 0.2) is 48.5 Å². The molecule has 3 aromatic rings. The molecule has 154 valence electrons. The molecule has 1 aliphatic heterocycles. The zero-order valence-corrected chi connectivity index (χ0v) is 17.0. The van der Waals surface area contributed by atoms with Crippen molar-refractivity contribution in [2.45, 2.75) is 20.0 Å². The summed E-state index contributed by atoms with van der Waals surface area (Å²) in [6.07, 6.45) is 0. The lowest BCUT2D eigenvalue weighted by molar-refractivity contribution is 0.0762. The molecule has 2 heterocycles. The predicted octanol–water partition coefficient (Wildman–Crippen LogP) is 4.48. The number of carbonyl (C=O) groups excluding carboxylic acids is 2. The van der Waals surface area contributed by atoms with Gasteiger partial charge in [0, 0.05) is 6.54 Å². The number of nitrogens with zero attached hydrogens (tertiary/aromatic N) is 2. The van der Waals surface area contributed by atoms with Crippen LogP contribution in [0.4, 0.5) is 20.0 Å². The number of anilines is 2. The van der Waals surface area contributed by atoms with E-state index >= 15 is 0 Å². The van der Waals surface area contributed by atoms with E-state index < -0.39 is 6.03 Å². The number of benzene rings is 2. The molecular formula is C21H19FN4O3S. The molecule has 4 rings (SSSR count). The van der Waals surface area contributed by atoms with Crippen molar-refractivity contribution < 1.29 is 18.7 Å². The van der Waals surface area contributed by atoms with E-state index in [4.69, 9.17) is 4.74 Å². The first kappa shape index (κ1) is 19.8. The summed E-state index contributed by atoms with van der Waals surface area (Å²) in [5.74, 6) is 0.0502. The van der Waals surface area contributed by atoms with E-state index in [1.165, 1.54) is 23.5 Å². The van der Waals surface area contributed by atoms with E-state index in [-0.39, 0.29) is 11.7 Å². The van der Waals surface area contributed by atoms with Crippen molar-refractivity contribution in [1.82, 2.24) is 9.88 Å². The van der Waals surface area contributed by atoms with Gasteiger partial charge in [-0.15, -0.1) is 0 Å². The highest BCUT2D eigenvalue weighted by molar-refractivity contribution is 7.16. The molecule has 3 amide bonds. The van der Waals surface area contributed by atoms with Crippen LogP contribution < -0.4 is 15.4 Å². The highest BCUT2D eigenvalue weighted by Gasteiger charge is 2.32. The van der Waals surface area contributed by atoms with E-state index in [0.29, 0.717) is 42.0 Å². The molecule has 0 bridgehead atoms. The minimum Gasteiger partial charge on any atom is -0.492 e. The van der Waals surface area contributed by atoms with Gasteiger partial charge in [-0.1, -0.05) is 35.6 Å². The molecule has 0 radical (unpaired) electrons. The lowest BCUT2D eigenvalue weighted by Gasteiger charge is -2.15. The Morgan fingerprint density at radius 1 is 1.20 bits per heavy atom. The maximum absolute atomic E-state index is 13.1. The fourth-order valence-electron chi connectivity index (χ4n) is 3.11. The third-order valence-electron chi connectivity index (χ3n) is 4.46. The summed E-state index contributed by atoms with van der Waals surface area (Å²) < 4.78 is 18.5. The smallest absolute Gasteiger partial charge is 0.325 e. The van der Waals surface area contributed by atoms with Gasteiger partial charge < -0.3 is 15.0 Å². The van der Waals surface area contributed by atoms with Crippen LogP contribution in [0.2, 0.25) is 0 Å². The number of hydrogen-bond donors (Lipinski definition) is 2. The molecule has 2 N–H and O–H groups in total. The molecule has 0 unspecified atom stereocenters. The van der Waals surface area contributed by atoms with Gasteiger partial charge in [-0.25, -0.2) is 14.2 Å². The highest BCUT2D eigenvalue weighted by Crippen LogP contribution is 2.32. The largest absolute Gasteiger partial charge is 0.492 e. The molecule has 0 aliphatic carbocycles. The zero-order valence-electron chi connectivity index (χ0n) is 16.1. The molecule has 0 spiro atoms. The number of thiazole rings is 1. The first-order valence-electron chi connectivity index (χ1n) is 9.36. The molecule has 2 aromatic carbocycles. The number of amides is 3. The third-order valence-corrected chi connectivity index (χ3v) is 5.42. The monoisotopic (exact) mass is 426 g/mol. The van der Waals surface area contributed by atoms with Crippen molar-refractivity contribution in [3.05, 3.63) is 70.5 Å². The van der Waals surface area contributed by atoms with E-state index in [1.807, 2.05) is 13.0 Å². The van der Waals surface area contributed by atoms with Crippen molar-refractivity contribution in [1.29, 1.82) is 0 Å². The normalized spacial score (nSPS) is 12.6. The number of fused-ring (bicyclic) bond motifs is 1. The van der Waals surface area contributed by atoms with Gasteiger partial charge in [0.05, 0.1) is 23.7 Å². The SMILES string of the molecule is CCOc1ccccc1NC(=O)Nc1nc2c(s1)CN(Cc1ccc(F)cc1)C2=O. The van der Waals surface area contributed by atoms with Crippen LogP contribution in [0.5, 0.6) is 5.75 Å². The number of hydrogen-bond acceptors (Lipinski definition) is 5. The number of nitrogens with one attached hydrogen (secondary N) is 2. The number of halogens is 1. The molecule has 7 nitrogen and oxygen atoms in total. The van der Waals surface area contributed by atoms with Gasteiger partial charge in [-0.3, -0.25) is 10.1 Å². The van der Waals surface area contributed by atoms with Crippen molar-refractivity contribution >= 4 is 34.1 Å². The molecule has 30 heavy (non-hydrogen) atoms. The van der Waals surface area contributed by atoms with Gasteiger partial charge in [0.15, 0.2) is 5.13 Å². The molecule has 0 atom stereocenters. The Hall–Kier alpha value is -3.46. The maximum Gasteiger partial charge on any atom is 0.325 e. The predicted molar refractivity (Wildman–Crippen MR) is 112 cm³/mol. The maximum atomic E-state index is 13.1. The molecular weight excluding hydrogens is 407 g/mol. The lowest BCUT2D eigenvalue weighted by Crippen LogP contribution is -2.24. The van der Waals surface area contributed by atoms with Gasteiger partial charge in [0.2, 0.25) is 0 Å². The van der Waals surface area contributed by atoms with Crippen LogP contribution in [0.25, 0.3) is 0 Å².